The third-order valence-corrected chi connectivity index (χ3v) is 3.87. The summed E-state index contributed by atoms with van der Waals surface area (Å²) in [5.74, 6) is 1.32. The first-order valence-electron chi connectivity index (χ1n) is 7.70. The van der Waals surface area contributed by atoms with Gasteiger partial charge in [-0.15, -0.1) is 0 Å². The molecule has 0 aliphatic rings. The summed E-state index contributed by atoms with van der Waals surface area (Å²) >= 11 is 0. The van der Waals surface area contributed by atoms with Crippen molar-refractivity contribution in [1.29, 1.82) is 0 Å². The average molecular weight is 345 g/mol. The molecule has 134 valence electrons. The SMILES string of the molecule is COc1cc(C=CC(=O)Nc2c(C)nn(C)c2C)cc(OC)c1OC. The van der Waals surface area contributed by atoms with Crippen molar-refractivity contribution in [3.63, 3.8) is 0 Å². The van der Waals surface area contributed by atoms with Crippen LogP contribution in [0.5, 0.6) is 17.2 Å². The lowest BCUT2D eigenvalue weighted by Crippen LogP contribution is -2.09. The number of rotatable bonds is 6. The Morgan fingerprint density at radius 2 is 1.72 bits per heavy atom. The van der Waals surface area contributed by atoms with Crippen LogP contribution in [0.15, 0.2) is 18.2 Å². The number of aromatic nitrogens is 2. The Balaban J connectivity index is 2.22. The minimum absolute atomic E-state index is 0.243. The first-order valence-corrected chi connectivity index (χ1v) is 7.70. The molecule has 1 amide bonds. The van der Waals surface area contributed by atoms with Gasteiger partial charge in [0, 0.05) is 13.1 Å². The number of anilines is 1. The molecule has 1 N–H and O–H groups in total. The van der Waals surface area contributed by atoms with Crippen molar-refractivity contribution in [3.05, 3.63) is 35.2 Å². The molecule has 0 saturated carbocycles. The summed E-state index contributed by atoms with van der Waals surface area (Å²) in [5.41, 5.74) is 3.15. The lowest BCUT2D eigenvalue weighted by molar-refractivity contribution is -0.111. The van der Waals surface area contributed by atoms with Crippen molar-refractivity contribution in [1.82, 2.24) is 9.78 Å². The summed E-state index contributed by atoms with van der Waals surface area (Å²) in [7, 11) is 6.47. The second-order valence-electron chi connectivity index (χ2n) is 5.45. The van der Waals surface area contributed by atoms with E-state index in [9.17, 15) is 4.79 Å². The van der Waals surface area contributed by atoms with Crippen LogP contribution in [0, 0.1) is 13.8 Å². The second-order valence-corrected chi connectivity index (χ2v) is 5.45. The van der Waals surface area contributed by atoms with E-state index in [1.54, 1.807) is 44.2 Å². The van der Waals surface area contributed by atoms with Crippen molar-refractivity contribution in [3.8, 4) is 17.2 Å². The maximum absolute atomic E-state index is 12.2. The van der Waals surface area contributed by atoms with Crippen LogP contribution >= 0.6 is 0 Å². The fourth-order valence-corrected chi connectivity index (χ4v) is 2.49. The zero-order valence-corrected chi connectivity index (χ0v) is 15.3. The molecule has 0 bridgehead atoms. The highest BCUT2D eigenvalue weighted by Gasteiger charge is 2.13. The number of carbonyl (C=O) groups is 1. The molecule has 1 aromatic heterocycles. The quantitative estimate of drug-likeness (QED) is 0.815. The molecule has 2 aromatic rings. The molecule has 0 aliphatic carbocycles. The lowest BCUT2D eigenvalue weighted by atomic mass is 10.1. The first kappa shape index (κ1) is 18.4. The number of nitrogens with zero attached hydrogens (tertiary/aromatic N) is 2. The standard InChI is InChI=1S/C18H23N3O4/c1-11-17(12(2)21(3)20-11)19-16(22)8-7-13-9-14(23-4)18(25-6)15(10-13)24-5/h7-10H,1-6H3,(H,19,22). The van der Waals surface area contributed by atoms with E-state index >= 15 is 0 Å². The van der Waals surface area contributed by atoms with Gasteiger partial charge in [-0.05, 0) is 37.6 Å². The third kappa shape index (κ3) is 3.93. The van der Waals surface area contributed by atoms with Gasteiger partial charge in [-0.3, -0.25) is 9.48 Å². The number of amides is 1. The number of aryl methyl sites for hydroxylation is 2. The van der Waals surface area contributed by atoms with Crippen LogP contribution < -0.4 is 19.5 Å². The molecule has 7 heteroatoms. The minimum Gasteiger partial charge on any atom is -0.493 e. The molecule has 0 spiro atoms. The number of ether oxygens (including phenoxy) is 3. The molecule has 1 aromatic carbocycles. The highest BCUT2D eigenvalue weighted by molar-refractivity contribution is 6.02. The van der Waals surface area contributed by atoms with E-state index in [1.807, 2.05) is 20.9 Å². The van der Waals surface area contributed by atoms with Crippen LogP contribution in [0.3, 0.4) is 0 Å². The molecular weight excluding hydrogens is 322 g/mol. The van der Waals surface area contributed by atoms with Gasteiger partial charge in [0.25, 0.3) is 0 Å². The topological polar surface area (TPSA) is 74.6 Å². The summed E-state index contributed by atoms with van der Waals surface area (Å²) < 4.78 is 17.6. The van der Waals surface area contributed by atoms with Crippen LogP contribution in [0.2, 0.25) is 0 Å². The molecule has 0 unspecified atom stereocenters. The number of methoxy groups -OCH3 is 3. The Bertz CT molecular complexity index is 784. The van der Waals surface area contributed by atoms with E-state index in [4.69, 9.17) is 14.2 Å². The number of nitrogens with one attached hydrogen (secondary N) is 1. The molecule has 25 heavy (non-hydrogen) atoms. The van der Waals surface area contributed by atoms with Crippen molar-refractivity contribution in [2.45, 2.75) is 13.8 Å². The van der Waals surface area contributed by atoms with Crippen LogP contribution in [0.4, 0.5) is 5.69 Å². The molecule has 0 radical (unpaired) electrons. The predicted octanol–water partition coefficient (Wildman–Crippen LogP) is 2.71. The molecule has 0 fully saturated rings. The van der Waals surface area contributed by atoms with Gasteiger partial charge in [0.15, 0.2) is 11.5 Å². The highest BCUT2D eigenvalue weighted by atomic mass is 16.5. The Hall–Kier alpha value is -2.96. The van der Waals surface area contributed by atoms with Crippen molar-refractivity contribution < 1.29 is 19.0 Å². The van der Waals surface area contributed by atoms with Gasteiger partial charge in [-0.1, -0.05) is 0 Å². The van der Waals surface area contributed by atoms with Gasteiger partial charge in [-0.25, -0.2) is 0 Å². The number of carbonyl (C=O) groups excluding carboxylic acids is 1. The molecule has 0 saturated heterocycles. The van der Waals surface area contributed by atoms with Crippen molar-refractivity contribution in [2.24, 2.45) is 7.05 Å². The average Bonchev–Trinajstić information content (AvgIpc) is 2.84. The zero-order valence-electron chi connectivity index (χ0n) is 15.3. The molecule has 7 nitrogen and oxygen atoms in total. The second kappa shape index (κ2) is 7.74. The van der Waals surface area contributed by atoms with Crippen LogP contribution in [0.25, 0.3) is 6.08 Å². The van der Waals surface area contributed by atoms with Crippen molar-refractivity contribution in [2.75, 3.05) is 26.6 Å². The van der Waals surface area contributed by atoms with Crippen LogP contribution in [-0.2, 0) is 11.8 Å². The van der Waals surface area contributed by atoms with Gasteiger partial charge < -0.3 is 19.5 Å². The number of hydrogen-bond acceptors (Lipinski definition) is 5. The third-order valence-electron chi connectivity index (χ3n) is 3.87. The summed E-state index contributed by atoms with van der Waals surface area (Å²) in [4.78, 5) is 12.2. The van der Waals surface area contributed by atoms with E-state index in [1.165, 1.54) is 6.08 Å². The largest absolute Gasteiger partial charge is 0.493 e. The zero-order chi connectivity index (χ0) is 18.6. The fraction of sp³-hybridized carbons (Fsp3) is 0.333. The maximum Gasteiger partial charge on any atom is 0.248 e. The monoisotopic (exact) mass is 345 g/mol. The Morgan fingerprint density at radius 3 is 2.16 bits per heavy atom. The minimum atomic E-state index is -0.243. The summed E-state index contributed by atoms with van der Waals surface area (Å²) in [6.07, 6.45) is 3.13. The highest BCUT2D eigenvalue weighted by Crippen LogP contribution is 2.38. The normalized spacial score (nSPS) is 10.8. The van der Waals surface area contributed by atoms with E-state index < -0.39 is 0 Å². The molecular formula is C18H23N3O4. The van der Waals surface area contributed by atoms with Crippen molar-refractivity contribution >= 4 is 17.7 Å². The predicted molar refractivity (Wildman–Crippen MR) is 96.4 cm³/mol. The van der Waals surface area contributed by atoms with Gasteiger partial charge in [0.2, 0.25) is 11.7 Å². The Kier molecular flexibility index (Phi) is 5.69. The van der Waals surface area contributed by atoms with E-state index in [0.717, 1.165) is 22.6 Å². The van der Waals surface area contributed by atoms with E-state index in [0.29, 0.717) is 17.2 Å². The maximum atomic E-state index is 12.2. The molecule has 0 aliphatic heterocycles. The first-order chi connectivity index (χ1) is 11.9. The van der Waals surface area contributed by atoms with Crippen LogP contribution in [-0.4, -0.2) is 37.0 Å². The number of benzene rings is 1. The smallest absolute Gasteiger partial charge is 0.248 e. The number of hydrogen-bond donors (Lipinski definition) is 1. The van der Waals surface area contributed by atoms with Gasteiger partial charge in [-0.2, -0.15) is 5.10 Å². The van der Waals surface area contributed by atoms with Gasteiger partial charge in [0.1, 0.15) is 0 Å². The van der Waals surface area contributed by atoms with Gasteiger partial charge in [0.05, 0.1) is 38.4 Å². The Labute approximate surface area is 147 Å². The Morgan fingerprint density at radius 1 is 1.12 bits per heavy atom. The fourth-order valence-electron chi connectivity index (χ4n) is 2.49. The molecule has 0 atom stereocenters. The summed E-state index contributed by atoms with van der Waals surface area (Å²) in [6.45, 7) is 3.75. The van der Waals surface area contributed by atoms with Gasteiger partial charge >= 0.3 is 0 Å². The van der Waals surface area contributed by atoms with E-state index in [2.05, 4.69) is 10.4 Å². The lowest BCUT2D eigenvalue weighted by Gasteiger charge is -2.12. The summed E-state index contributed by atoms with van der Waals surface area (Å²) in [6, 6.07) is 3.54. The molecule has 2 rings (SSSR count). The summed E-state index contributed by atoms with van der Waals surface area (Å²) in [5, 5.41) is 7.13. The van der Waals surface area contributed by atoms with E-state index in [-0.39, 0.29) is 5.91 Å². The molecule has 1 heterocycles. The van der Waals surface area contributed by atoms with Crippen LogP contribution in [0.1, 0.15) is 17.0 Å².